The summed E-state index contributed by atoms with van der Waals surface area (Å²) < 4.78 is 104. The van der Waals surface area contributed by atoms with Crippen LogP contribution in [-0.4, -0.2) is 50.0 Å². The Hall–Kier alpha value is -5.10. The summed E-state index contributed by atoms with van der Waals surface area (Å²) in [5.41, 5.74) is 5.16. The number of benzene rings is 5. The fourth-order valence-electron chi connectivity index (χ4n) is 7.30. The van der Waals surface area contributed by atoms with E-state index in [1.54, 1.807) is 42.5 Å². The molecule has 13 nitrogen and oxygen atoms in total. The molecular formula is C44H50N2O11S3. The first-order valence-corrected chi connectivity index (χ1v) is 23.5. The average Bonchev–Trinajstić information content (AvgIpc) is 3.14. The van der Waals surface area contributed by atoms with E-state index in [4.69, 9.17) is 0 Å². The van der Waals surface area contributed by atoms with Crippen molar-refractivity contribution in [3.63, 3.8) is 0 Å². The molecule has 0 aliphatic carbocycles. The summed E-state index contributed by atoms with van der Waals surface area (Å²) in [6.07, 6.45) is 0. The Morgan fingerprint density at radius 1 is 0.500 bits per heavy atom. The Balaban J connectivity index is 1.68. The van der Waals surface area contributed by atoms with E-state index in [0.717, 1.165) is 0 Å². The second-order valence-corrected chi connectivity index (χ2v) is 20.2. The Bertz CT molecular complexity index is 2720. The molecule has 0 heterocycles. The Kier molecular flexibility index (Phi) is 13.4. The first-order valence-electron chi connectivity index (χ1n) is 19.2. The van der Waals surface area contributed by atoms with E-state index in [0.29, 0.717) is 50.4 Å². The first kappa shape index (κ1) is 46.0. The molecule has 5 aromatic rings. The van der Waals surface area contributed by atoms with Crippen LogP contribution in [-0.2, 0) is 30.4 Å². The number of nitrogens with one attached hydrogen (secondary N) is 2. The second kappa shape index (κ2) is 17.5. The largest absolute Gasteiger partial charge is 0.478 e. The molecular weight excluding hydrogens is 829 g/mol. The van der Waals surface area contributed by atoms with Crippen molar-refractivity contribution < 1.29 is 48.8 Å². The number of carbonyl (C=O) groups is 1. The van der Waals surface area contributed by atoms with E-state index >= 15 is 0 Å². The first-order chi connectivity index (χ1) is 27.8. The average molecular weight is 879 g/mol. The molecule has 16 heteroatoms. The topological polar surface area (TPSA) is 224 Å². The SMILES string of the molecule is CC(C)c1cc(S(=O)(=O)O)cc(C(C)C)c1Nc1ccc(C(c2ccc(Nc3c(C(C)C)cc(S(=O)(=O)O)cc3C(C)C)c(C(=O)O)c2)c2ccccc2S(=O)(=O)O)cc1. The van der Waals surface area contributed by atoms with Gasteiger partial charge in [-0.25, -0.2) is 4.79 Å². The maximum atomic E-state index is 13.0. The van der Waals surface area contributed by atoms with Gasteiger partial charge in [0.05, 0.1) is 25.9 Å². The predicted molar refractivity (Wildman–Crippen MR) is 232 cm³/mol. The zero-order valence-corrected chi connectivity index (χ0v) is 36.9. The molecule has 6 N–H and O–H groups in total. The lowest BCUT2D eigenvalue weighted by Crippen LogP contribution is -2.13. The van der Waals surface area contributed by atoms with Crippen LogP contribution in [0.15, 0.2) is 106 Å². The minimum absolute atomic E-state index is 0.141. The van der Waals surface area contributed by atoms with Gasteiger partial charge in [-0.1, -0.05) is 91.8 Å². The highest BCUT2D eigenvalue weighted by atomic mass is 32.2. The van der Waals surface area contributed by atoms with Crippen LogP contribution in [0.5, 0.6) is 0 Å². The molecule has 0 saturated heterocycles. The van der Waals surface area contributed by atoms with Crippen LogP contribution in [0.4, 0.5) is 22.7 Å². The van der Waals surface area contributed by atoms with Crippen molar-refractivity contribution in [3.8, 4) is 0 Å². The van der Waals surface area contributed by atoms with Crippen LogP contribution in [0.3, 0.4) is 0 Å². The van der Waals surface area contributed by atoms with Crippen molar-refractivity contribution in [2.24, 2.45) is 0 Å². The van der Waals surface area contributed by atoms with Gasteiger partial charge >= 0.3 is 5.97 Å². The molecule has 1 unspecified atom stereocenters. The third-order valence-electron chi connectivity index (χ3n) is 10.3. The van der Waals surface area contributed by atoms with Gasteiger partial charge in [0, 0.05) is 23.0 Å². The molecule has 0 bridgehead atoms. The van der Waals surface area contributed by atoms with Crippen LogP contribution in [0, 0.1) is 0 Å². The molecule has 0 spiro atoms. The predicted octanol–water partition coefficient (Wildman–Crippen LogP) is 10.3. The smallest absolute Gasteiger partial charge is 0.337 e. The fourth-order valence-corrected chi connectivity index (χ4v) is 9.13. The summed E-state index contributed by atoms with van der Waals surface area (Å²) in [5, 5.41) is 17.2. The standard InChI is InChI=1S/C44H50N2O11S3/c1-24(2)34-20-31(58(49,50)51)21-35(25(3)4)42(34)45-30-16-13-28(14-17-30)41(33-11-9-10-12-40(33)60(55,56)57)29-15-18-39(38(19-29)44(47)48)46-43-36(26(5)6)22-32(59(52,53)54)23-37(43)27(7)8/h9-27,41,45-46H,1-8H3,(H,47,48)(H,49,50,51)(H,52,53,54)(H,55,56,57). The molecule has 0 aliphatic heterocycles. The molecule has 0 aromatic heterocycles. The Morgan fingerprint density at radius 3 is 1.32 bits per heavy atom. The molecule has 0 saturated carbocycles. The molecule has 5 aromatic carbocycles. The van der Waals surface area contributed by atoms with E-state index in [9.17, 15) is 48.8 Å². The number of carboxylic acid groups (broad SMARTS) is 1. The number of hydrogen-bond donors (Lipinski definition) is 6. The Labute approximate surface area is 352 Å². The van der Waals surface area contributed by atoms with Gasteiger partial charge in [-0.3, -0.25) is 13.7 Å². The lowest BCUT2D eigenvalue weighted by atomic mass is 9.84. The molecule has 0 radical (unpaired) electrons. The molecule has 0 amide bonds. The van der Waals surface area contributed by atoms with Gasteiger partial charge in [0.1, 0.15) is 0 Å². The van der Waals surface area contributed by atoms with E-state index in [2.05, 4.69) is 10.6 Å². The van der Waals surface area contributed by atoms with Crippen molar-refractivity contribution in [2.45, 2.75) is 99.7 Å². The minimum Gasteiger partial charge on any atom is -0.478 e. The van der Waals surface area contributed by atoms with E-state index < -0.39 is 42.2 Å². The van der Waals surface area contributed by atoms with Gasteiger partial charge in [-0.15, -0.1) is 0 Å². The normalized spacial score (nSPS) is 13.0. The van der Waals surface area contributed by atoms with Crippen LogP contribution < -0.4 is 10.6 Å². The van der Waals surface area contributed by atoms with Crippen molar-refractivity contribution in [3.05, 3.63) is 136 Å². The third kappa shape index (κ3) is 10.1. The van der Waals surface area contributed by atoms with E-state index in [1.165, 1.54) is 48.5 Å². The van der Waals surface area contributed by atoms with Gasteiger partial charge < -0.3 is 15.7 Å². The molecule has 0 aliphatic rings. The fraction of sp³-hybridized carbons (Fsp3) is 0.295. The summed E-state index contributed by atoms with van der Waals surface area (Å²) in [4.78, 5) is 12.1. The summed E-state index contributed by atoms with van der Waals surface area (Å²) in [5.74, 6) is -3.01. The highest BCUT2D eigenvalue weighted by Gasteiger charge is 2.28. The summed E-state index contributed by atoms with van der Waals surface area (Å²) in [6, 6.07) is 23.0. The van der Waals surface area contributed by atoms with Crippen molar-refractivity contribution in [2.75, 3.05) is 10.6 Å². The number of hydrogen-bond acceptors (Lipinski definition) is 9. The molecule has 60 heavy (non-hydrogen) atoms. The lowest BCUT2D eigenvalue weighted by Gasteiger charge is -2.25. The van der Waals surface area contributed by atoms with Crippen LogP contribution >= 0.6 is 0 Å². The van der Waals surface area contributed by atoms with Gasteiger partial charge in [0.25, 0.3) is 30.4 Å². The monoisotopic (exact) mass is 878 g/mol. The lowest BCUT2D eigenvalue weighted by molar-refractivity contribution is 0.0697. The van der Waals surface area contributed by atoms with Gasteiger partial charge in [0.2, 0.25) is 0 Å². The van der Waals surface area contributed by atoms with Crippen LogP contribution in [0.2, 0.25) is 0 Å². The summed E-state index contributed by atoms with van der Waals surface area (Å²) in [6.45, 7) is 14.9. The van der Waals surface area contributed by atoms with Crippen molar-refractivity contribution >= 4 is 59.1 Å². The summed E-state index contributed by atoms with van der Waals surface area (Å²) >= 11 is 0. The van der Waals surface area contributed by atoms with Gasteiger partial charge in [0.15, 0.2) is 0 Å². The minimum atomic E-state index is -4.76. The second-order valence-electron chi connectivity index (χ2n) is 16.0. The van der Waals surface area contributed by atoms with E-state index in [1.807, 2.05) is 55.4 Å². The number of carboxylic acids is 1. The molecule has 1 atom stereocenters. The highest BCUT2D eigenvalue weighted by Crippen LogP contribution is 2.42. The number of anilines is 4. The van der Waals surface area contributed by atoms with E-state index in [-0.39, 0.29) is 55.2 Å². The van der Waals surface area contributed by atoms with Crippen LogP contribution in [0.1, 0.15) is 134 Å². The van der Waals surface area contributed by atoms with Crippen LogP contribution in [0.25, 0.3) is 0 Å². The molecule has 0 fully saturated rings. The number of rotatable bonds is 15. The van der Waals surface area contributed by atoms with Gasteiger partial charge in [-0.2, -0.15) is 25.3 Å². The summed E-state index contributed by atoms with van der Waals surface area (Å²) in [7, 11) is -13.8. The number of aromatic carboxylic acids is 1. The van der Waals surface area contributed by atoms with Crippen molar-refractivity contribution in [1.29, 1.82) is 0 Å². The molecule has 320 valence electrons. The highest BCUT2D eigenvalue weighted by molar-refractivity contribution is 7.86. The third-order valence-corrected chi connectivity index (χ3v) is 12.9. The zero-order valence-electron chi connectivity index (χ0n) is 34.4. The van der Waals surface area contributed by atoms with Gasteiger partial charge in [-0.05, 0) is 117 Å². The maximum Gasteiger partial charge on any atom is 0.337 e. The van der Waals surface area contributed by atoms with Crippen molar-refractivity contribution in [1.82, 2.24) is 0 Å². The Morgan fingerprint density at radius 2 is 0.917 bits per heavy atom. The quantitative estimate of drug-likeness (QED) is 0.0426. The zero-order chi connectivity index (χ0) is 44.6. The maximum absolute atomic E-state index is 13.0. The molecule has 5 rings (SSSR count).